The van der Waals surface area contributed by atoms with Gasteiger partial charge in [0, 0.05) is 34.8 Å². The molecule has 0 radical (unpaired) electrons. The van der Waals surface area contributed by atoms with Crippen LogP contribution in [0.3, 0.4) is 0 Å². The third kappa shape index (κ3) is 7.11. The molecule has 2 aromatic rings. The summed E-state index contributed by atoms with van der Waals surface area (Å²) in [6.45, 7) is 10.6. The highest BCUT2D eigenvalue weighted by atomic mass is 16.7. The smallest absolute Gasteiger partial charge is 0.496 e. The molecule has 0 spiro atoms. The molecule has 0 aliphatic rings. The summed E-state index contributed by atoms with van der Waals surface area (Å²) in [6.07, 6.45) is 0.311. The van der Waals surface area contributed by atoms with Crippen LogP contribution in [0, 0.1) is 0 Å². The summed E-state index contributed by atoms with van der Waals surface area (Å²) in [5.74, 6) is 0.775. The standard InChI is InChI=1S/C25H31NO6/c1-16(28)14-25(5,6)26-18-8-10-20(17(12-18)15-27)21-11-9-19(13-22(21)30-7)31-23(29)32-24(2,3)4/h8-13,15,26H,14H2,1-7H3. The summed E-state index contributed by atoms with van der Waals surface area (Å²) in [6, 6.07) is 10.3. The number of rotatable bonds is 8. The van der Waals surface area contributed by atoms with Crippen molar-refractivity contribution < 1.29 is 28.6 Å². The summed E-state index contributed by atoms with van der Waals surface area (Å²) in [5, 5.41) is 3.30. The molecule has 0 heterocycles. The molecule has 0 aliphatic heterocycles. The van der Waals surface area contributed by atoms with Crippen molar-refractivity contribution in [1.82, 2.24) is 0 Å². The van der Waals surface area contributed by atoms with E-state index in [1.54, 1.807) is 52.0 Å². The molecule has 1 N–H and O–H groups in total. The van der Waals surface area contributed by atoms with Crippen LogP contribution in [0.25, 0.3) is 11.1 Å². The fourth-order valence-corrected chi connectivity index (χ4v) is 3.37. The minimum atomic E-state index is -0.815. The van der Waals surface area contributed by atoms with Crippen molar-refractivity contribution in [3.05, 3.63) is 42.0 Å². The van der Waals surface area contributed by atoms with E-state index in [0.29, 0.717) is 28.9 Å². The molecule has 2 aromatic carbocycles. The fraction of sp³-hybridized carbons (Fsp3) is 0.400. The van der Waals surface area contributed by atoms with Crippen LogP contribution in [0.5, 0.6) is 11.5 Å². The molecule has 7 nitrogen and oxygen atoms in total. The van der Waals surface area contributed by atoms with E-state index in [4.69, 9.17) is 14.2 Å². The molecule has 172 valence electrons. The first-order valence-electron chi connectivity index (χ1n) is 10.3. The molecular formula is C25H31NO6. The zero-order valence-corrected chi connectivity index (χ0v) is 19.7. The van der Waals surface area contributed by atoms with E-state index < -0.39 is 17.3 Å². The van der Waals surface area contributed by atoms with E-state index in [1.807, 2.05) is 26.0 Å². The van der Waals surface area contributed by atoms with Gasteiger partial charge in [-0.05, 0) is 71.4 Å². The molecule has 0 saturated heterocycles. The monoisotopic (exact) mass is 441 g/mol. The van der Waals surface area contributed by atoms with E-state index in [2.05, 4.69) is 5.32 Å². The first-order valence-corrected chi connectivity index (χ1v) is 10.3. The lowest BCUT2D eigenvalue weighted by atomic mass is 9.95. The molecule has 0 aliphatic carbocycles. The summed E-state index contributed by atoms with van der Waals surface area (Å²) < 4.78 is 15.9. The average molecular weight is 442 g/mol. The van der Waals surface area contributed by atoms with E-state index in [1.165, 1.54) is 7.11 Å². The van der Waals surface area contributed by atoms with Gasteiger partial charge in [0.15, 0.2) is 6.29 Å². The van der Waals surface area contributed by atoms with Crippen LogP contribution in [-0.2, 0) is 9.53 Å². The molecule has 0 aromatic heterocycles. The zero-order valence-electron chi connectivity index (χ0n) is 19.7. The van der Waals surface area contributed by atoms with Gasteiger partial charge >= 0.3 is 6.16 Å². The predicted molar refractivity (Wildman–Crippen MR) is 124 cm³/mol. The van der Waals surface area contributed by atoms with Gasteiger partial charge < -0.3 is 19.5 Å². The van der Waals surface area contributed by atoms with Crippen molar-refractivity contribution in [3.8, 4) is 22.6 Å². The number of ketones is 1. The van der Waals surface area contributed by atoms with Crippen molar-refractivity contribution in [3.63, 3.8) is 0 Å². The number of Topliss-reactive ketones (excluding diaryl/α,β-unsaturated/α-hetero) is 1. The van der Waals surface area contributed by atoms with Crippen LogP contribution >= 0.6 is 0 Å². The predicted octanol–water partition coefficient (Wildman–Crippen LogP) is 5.66. The largest absolute Gasteiger partial charge is 0.514 e. The zero-order chi connectivity index (χ0) is 24.1. The average Bonchev–Trinajstić information content (AvgIpc) is 2.65. The highest BCUT2D eigenvalue weighted by Gasteiger charge is 2.21. The second-order valence-corrected chi connectivity index (χ2v) is 9.24. The maximum atomic E-state index is 11.9. The van der Waals surface area contributed by atoms with Crippen LogP contribution in [0.1, 0.15) is 58.3 Å². The lowest BCUT2D eigenvalue weighted by Gasteiger charge is -2.27. The van der Waals surface area contributed by atoms with Crippen molar-refractivity contribution in [2.45, 2.75) is 59.1 Å². The van der Waals surface area contributed by atoms with Gasteiger partial charge in [-0.15, -0.1) is 0 Å². The molecule has 0 bridgehead atoms. The topological polar surface area (TPSA) is 90.9 Å². The van der Waals surface area contributed by atoms with Crippen LogP contribution in [0.4, 0.5) is 10.5 Å². The number of nitrogens with one attached hydrogen (secondary N) is 1. The third-order valence-electron chi connectivity index (χ3n) is 4.41. The Kier molecular flexibility index (Phi) is 7.67. The van der Waals surface area contributed by atoms with Gasteiger partial charge in [0.05, 0.1) is 7.11 Å². The minimum Gasteiger partial charge on any atom is -0.496 e. The summed E-state index contributed by atoms with van der Waals surface area (Å²) in [4.78, 5) is 35.3. The van der Waals surface area contributed by atoms with Gasteiger partial charge in [-0.3, -0.25) is 9.59 Å². The fourth-order valence-electron chi connectivity index (χ4n) is 3.37. The quantitative estimate of drug-likeness (QED) is 0.321. The van der Waals surface area contributed by atoms with Crippen molar-refractivity contribution in [2.75, 3.05) is 12.4 Å². The number of hydrogen-bond acceptors (Lipinski definition) is 7. The summed E-state index contributed by atoms with van der Waals surface area (Å²) >= 11 is 0. The van der Waals surface area contributed by atoms with Crippen molar-refractivity contribution in [1.29, 1.82) is 0 Å². The second-order valence-electron chi connectivity index (χ2n) is 9.24. The maximum absolute atomic E-state index is 11.9. The van der Waals surface area contributed by atoms with Crippen LogP contribution in [-0.4, -0.2) is 36.5 Å². The van der Waals surface area contributed by atoms with Crippen LogP contribution in [0.15, 0.2) is 36.4 Å². The number of hydrogen-bond donors (Lipinski definition) is 1. The van der Waals surface area contributed by atoms with E-state index in [-0.39, 0.29) is 11.5 Å². The molecule has 0 unspecified atom stereocenters. The Balaban J connectivity index is 2.33. The highest BCUT2D eigenvalue weighted by molar-refractivity contribution is 5.91. The van der Waals surface area contributed by atoms with E-state index in [0.717, 1.165) is 12.0 Å². The number of ether oxygens (including phenoxy) is 3. The normalized spacial score (nSPS) is 11.5. The van der Waals surface area contributed by atoms with E-state index >= 15 is 0 Å². The molecule has 0 atom stereocenters. The number of anilines is 1. The Hall–Kier alpha value is -3.35. The molecular weight excluding hydrogens is 410 g/mol. The molecule has 2 rings (SSSR count). The molecule has 0 saturated carbocycles. The summed E-state index contributed by atoms with van der Waals surface area (Å²) in [5.41, 5.74) is 1.38. The van der Waals surface area contributed by atoms with Gasteiger partial charge in [0.2, 0.25) is 0 Å². The number of methoxy groups -OCH3 is 1. The van der Waals surface area contributed by atoms with E-state index in [9.17, 15) is 14.4 Å². The Bertz CT molecular complexity index is 1000. The molecule has 7 heteroatoms. The first kappa shape index (κ1) is 24.9. The molecule has 32 heavy (non-hydrogen) atoms. The number of carbonyl (C=O) groups is 3. The Morgan fingerprint density at radius 3 is 2.22 bits per heavy atom. The number of aldehydes is 1. The lowest BCUT2D eigenvalue weighted by Crippen LogP contribution is -2.33. The first-order chi connectivity index (χ1) is 14.8. The SMILES string of the molecule is COc1cc(OC(=O)OC(C)(C)C)ccc1-c1ccc(NC(C)(C)CC(C)=O)cc1C=O. The van der Waals surface area contributed by atoms with Crippen molar-refractivity contribution in [2.24, 2.45) is 0 Å². The van der Waals surface area contributed by atoms with Crippen molar-refractivity contribution >= 4 is 23.9 Å². The second kappa shape index (κ2) is 9.85. The summed E-state index contributed by atoms with van der Waals surface area (Å²) in [7, 11) is 1.50. The Labute approximate surface area is 189 Å². The molecule has 0 fully saturated rings. The van der Waals surface area contributed by atoms with Gasteiger partial charge in [0.25, 0.3) is 0 Å². The Morgan fingerprint density at radius 2 is 1.66 bits per heavy atom. The molecule has 0 amide bonds. The highest BCUT2D eigenvalue weighted by Crippen LogP contribution is 2.36. The maximum Gasteiger partial charge on any atom is 0.514 e. The van der Waals surface area contributed by atoms with Gasteiger partial charge in [-0.1, -0.05) is 6.07 Å². The minimum absolute atomic E-state index is 0.0770. The Morgan fingerprint density at radius 1 is 1.00 bits per heavy atom. The van der Waals surface area contributed by atoms with Gasteiger partial charge in [-0.25, -0.2) is 4.79 Å². The van der Waals surface area contributed by atoms with Gasteiger partial charge in [-0.2, -0.15) is 0 Å². The number of carbonyl (C=O) groups excluding carboxylic acids is 3. The number of benzene rings is 2. The van der Waals surface area contributed by atoms with Crippen LogP contribution < -0.4 is 14.8 Å². The third-order valence-corrected chi connectivity index (χ3v) is 4.41. The lowest BCUT2D eigenvalue weighted by molar-refractivity contribution is -0.117. The van der Waals surface area contributed by atoms with Gasteiger partial charge in [0.1, 0.15) is 22.9 Å². The van der Waals surface area contributed by atoms with Crippen LogP contribution in [0.2, 0.25) is 0 Å².